The van der Waals surface area contributed by atoms with E-state index < -0.39 is 0 Å². The monoisotopic (exact) mass is 1490 g/mol. The Morgan fingerprint density at radius 2 is 0.530 bits per heavy atom. The Hall–Kier alpha value is -15.2. The van der Waals surface area contributed by atoms with Gasteiger partial charge < -0.3 is 28.7 Å². The van der Waals surface area contributed by atoms with Crippen molar-refractivity contribution in [3.05, 3.63) is 437 Å². The molecule has 0 atom stereocenters. The number of hydrogen-bond acceptors (Lipinski definition) is 7. The Balaban J connectivity index is 0.638. The van der Waals surface area contributed by atoms with Crippen LogP contribution in [0.1, 0.15) is 0 Å². The quantitative estimate of drug-likeness (QED) is 0.0853. The molecule has 16 aromatic carbocycles. The first kappa shape index (κ1) is 67.9. The van der Waals surface area contributed by atoms with Gasteiger partial charge in [0.15, 0.2) is 0 Å². The van der Waals surface area contributed by atoms with Crippen LogP contribution in [0.3, 0.4) is 0 Å². The third-order valence-electron chi connectivity index (χ3n) is 22.1. The number of anilines is 12. The number of thiophene rings is 1. The number of hydrogen-bond donors (Lipinski definition) is 0. The van der Waals surface area contributed by atoms with E-state index in [1.165, 1.54) is 41.8 Å². The molecular formula is C106H72N8S. The summed E-state index contributed by atoms with van der Waals surface area (Å²) >= 11 is 1.84. The van der Waals surface area contributed by atoms with Crippen LogP contribution in [0.4, 0.5) is 68.2 Å². The van der Waals surface area contributed by atoms with Crippen molar-refractivity contribution in [1.82, 2.24) is 19.1 Å². The molecule has 0 aliphatic rings. The molecule has 0 aliphatic heterocycles. The third-order valence-corrected chi connectivity index (χ3v) is 23.3. The standard InChI is InChI=1S/C106H72N8S/c1-6-27-81(28-7-1)109(91-62-79(77-49-56-103-98(66-77)95-39-16-19-42-101(95)113(103)85-35-14-5-15-36-85)63-92(68-91)110(82-29-8-2-9-30-82)88-55-58-106-100(70-88)97-41-18-21-44-105(97)115-106)86-51-45-73(46-52-86)75-25-22-26-76(61-75)74-47-53-87(54-48-74)114-102-43-20-17-40-96(102)99-67-78(50-57-104(99)114)80-64-93(111(83-31-10-3-11-32-83)89-37-23-59-107-71-89)69-94(65-80)112(84-33-12-4-13-34-84)90-38-24-60-108-72-90/h1-72H. The molecule has 542 valence electrons. The Morgan fingerprint density at radius 3 is 1.00 bits per heavy atom. The van der Waals surface area contributed by atoms with Crippen molar-refractivity contribution in [3.63, 3.8) is 0 Å². The van der Waals surface area contributed by atoms with E-state index in [9.17, 15) is 0 Å². The Bertz CT molecular complexity index is 6960. The van der Waals surface area contributed by atoms with Crippen LogP contribution in [0.15, 0.2) is 437 Å². The number of benzene rings is 16. The zero-order chi connectivity index (χ0) is 76.1. The molecule has 0 amide bonds. The summed E-state index contributed by atoms with van der Waals surface area (Å²) in [7, 11) is 0. The maximum atomic E-state index is 4.62. The van der Waals surface area contributed by atoms with Crippen LogP contribution in [0, 0.1) is 0 Å². The molecule has 8 nitrogen and oxygen atoms in total. The summed E-state index contributed by atoms with van der Waals surface area (Å²) in [6.45, 7) is 0. The van der Waals surface area contributed by atoms with Gasteiger partial charge in [-0.1, -0.05) is 200 Å². The summed E-state index contributed by atoms with van der Waals surface area (Å²) in [5.74, 6) is 0. The number of nitrogens with zero attached hydrogens (tertiary/aromatic N) is 8. The normalized spacial score (nSPS) is 11.5. The average molecular weight is 1490 g/mol. The highest BCUT2D eigenvalue weighted by Gasteiger charge is 2.25. The van der Waals surface area contributed by atoms with Gasteiger partial charge in [-0.05, 0) is 257 Å². The molecule has 0 radical (unpaired) electrons. The minimum atomic E-state index is 0.951. The lowest BCUT2D eigenvalue weighted by atomic mass is 9.98. The van der Waals surface area contributed by atoms with Crippen molar-refractivity contribution in [2.45, 2.75) is 0 Å². The van der Waals surface area contributed by atoms with Crippen LogP contribution in [0.2, 0.25) is 0 Å². The molecule has 9 heteroatoms. The van der Waals surface area contributed by atoms with Crippen molar-refractivity contribution >= 4 is 143 Å². The maximum Gasteiger partial charge on any atom is 0.0644 e. The molecule has 0 bridgehead atoms. The van der Waals surface area contributed by atoms with Gasteiger partial charge in [0.25, 0.3) is 0 Å². The Labute approximate surface area is 670 Å². The van der Waals surface area contributed by atoms with Crippen LogP contribution in [-0.4, -0.2) is 19.1 Å². The molecule has 0 spiro atoms. The number of para-hydroxylation sites is 7. The summed E-state index contributed by atoms with van der Waals surface area (Å²) in [5.41, 5.74) is 27.9. The summed E-state index contributed by atoms with van der Waals surface area (Å²) in [6, 6.07) is 150. The summed E-state index contributed by atoms with van der Waals surface area (Å²) in [4.78, 5) is 18.6. The summed E-state index contributed by atoms with van der Waals surface area (Å²) in [5, 5.41) is 7.25. The average Bonchev–Trinajstić information content (AvgIpc) is 1.64. The van der Waals surface area contributed by atoms with E-state index >= 15 is 0 Å². The molecule has 21 aromatic rings. The van der Waals surface area contributed by atoms with Gasteiger partial charge in [-0.15, -0.1) is 11.3 Å². The van der Waals surface area contributed by atoms with E-state index in [2.05, 4.69) is 439 Å². The number of aromatic nitrogens is 4. The second-order valence-corrected chi connectivity index (χ2v) is 30.1. The molecule has 21 rings (SSSR count). The van der Waals surface area contributed by atoms with Gasteiger partial charge in [0.2, 0.25) is 0 Å². The highest BCUT2D eigenvalue weighted by atomic mass is 32.1. The first-order valence-electron chi connectivity index (χ1n) is 38.9. The van der Waals surface area contributed by atoms with Gasteiger partial charge in [-0.25, -0.2) is 0 Å². The zero-order valence-electron chi connectivity index (χ0n) is 62.6. The predicted molar refractivity (Wildman–Crippen MR) is 484 cm³/mol. The Kier molecular flexibility index (Phi) is 17.3. The molecule has 5 heterocycles. The molecule has 115 heavy (non-hydrogen) atoms. The van der Waals surface area contributed by atoms with Gasteiger partial charge in [0.05, 0.1) is 45.8 Å². The van der Waals surface area contributed by atoms with Crippen molar-refractivity contribution in [3.8, 4) is 55.9 Å². The highest BCUT2D eigenvalue weighted by molar-refractivity contribution is 7.25. The van der Waals surface area contributed by atoms with Crippen molar-refractivity contribution in [1.29, 1.82) is 0 Å². The Morgan fingerprint density at radius 1 is 0.183 bits per heavy atom. The molecule has 0 fully saturated rings. The van der Waals surface area contributed by atoms with E-state index in [1.54, 1.807) is 0 Å². The molecule has 0 unspecified atom stereocenters. The third kappa shape index (κ3) is 12.6. The fraction of sp³-hybridized carbons (Fsp3) is 0. The largest absolute Gasteiger partial charge is 0.310 e. The fourth-order valence-corrected chi connectivity index (χ4v) is 18.0. The van der Waals surface area contributed by atoms with Crippen molar-refractivity contribution < 1.29 is 0 Å². The van der Waals surface area contributed by atoms with Gasteiger partial charge >= 0.3 is 0 Å². The first-order chi connectivity index (χ1) is 57.0. The summed E-state index contributed by atoms with van der Waals surface area (Å²) in [6.07, 6.45) is 7.51. The fourth-order valence-electron chi connectivity index (χ4n) is 16.9. The van der Waals surface area contributed by atoms with Crippen molar-refractivity contribution in [2.24, 2.45) is 0 Å². The van der Waals surface area contributed by atoms with E-state index in [-0.39, 0.29) is 0 Å². The summed E-state index contributed by atoms with van der Waals surface area (Å²) < 4.78 is 7.34. The molecule has 0 aliphatic carbocycles. The number of rotatable bonds is 18. The van der Waals surface area contributed by atoms with Crippen LogP contribution in [0.5, 0.6) is 0 Å². The number of pyridine rings is 2. The molecule has 0 saturated carbocycles. The van der Waals surface area contributed by atoms with Crippen LogP contribution in [-0.2, 0) is 0 Å². The van der Waals surface area contributed by atoms with Gasteiger partial charge in [-0.2, -0.15) is 0 Å². The van der Waals surface area contributed by atoms with E-state index in [4.69, 9.17) is 0 Å². The topological polar surface area (TPSA) is 48.6 Å². The second kappa shape index (κ2) is 29.3. The van der Waals surface area contributed by atoms with E-state index in [1.807, 2.05) is 48.3 Å². The lowest BCUT2D eigenvalue weighted by Gasteiger charge is -2.30. The lowest BCUT2D eigenvalue weighted by Crippen LogP contribution is -2.13. The van der Waals surface area contributed by atoms with Gasteiger partial charge in [0, 0.05) is 122 Å². The minimum absolute atomic E-state index is 0.951. The van der Waals surface area contributed by atoms with Crippen LogP contribution in [0.25, 0.3) is 120 Å². The first-order valence-corrected chi connectivity index (χ1v) is 39.7. The SMILES string of the molecule is c1ccc(N(c2ccc(-c3cccc(-c4ccc(-n5c6ccccc6c6cc(-c7cc(N(c8ccccc8)c8cccnc8)cc(N(c8ccccc8)c8cccnc8)c7)ccc65)cc4)c3)cc2)c2cc(-c3ccc4c(c3)c3ccccc3n4-c3ccccc3)cc(N(c3ccccc3)c3ccc4sc5ccccc5c4c3)c2)cc1. The van der Waals surface area contributed by atoms with Crippen molar-refractivity contribution in [2.75, 3.05) is 19.6 Å². The minimum Gasteiger partial charge on any atom is -0.310 e. The molecular weight excluding hydrogens is 1420 g/mol. The lowest BCUT2D eigenvalue weighted by molar-refractivity contribution is 1.18. The smallest absolute Gasteiger partial charge is 0.0644 e. The molecule has 0 N–H and O–H groups in total. The maximum absolute atomic E-state index is 4.62. The van der Waals surface area contributed by atoms with E-state index in [0.717, 1.165) is 146 Å². The predicted octanol–water partition coefficient (Wildman–Crippen LogP) is 29.6. The zero-order valence-corrected chi connectivity index (χ0v) is 63.4. The van der Waals surface area contributed by atoms with Crippen LogP contribution >= 0.6 is 11.3 Å². The van der Waals surface area contributed by atoms with Gasteiger partial charge in [-0.3, -0.25) is 9.97 Å². The van der Waals surface area contributed by atoms with Crippen LogP contribution < -0.4 is 19.6 Å². The molecule has 0 saturated heterocycles. The number of fused-ring (bicyclic) bond motifs is 9. The highest BCUT2D eigenvalue weighted by Crippen LogP contribution is 2.49. The molecule has 5 aromatic heterocycles. The van der Waals surface area contributed by atoms with E-state index in [0.29, 0.717) is 0 Å². The van der Waals surface area contributed by atoms with Gasteiger partial charge in [0.1, 0.15) is 0 Å². The second-order valence-electron chi connectivity index (χ2n) is 29.0.